The second-order valence-electron chi connectivity index (χ2n) is 3.14. The molecular formula is C8H3BF8O3. The third kappa shape index (κ3) is 6.56. The Hall–Kier alpha value is -1.56. The minimum atomic E-state index is -5.53. The standard InChI is InChI=1S/C8H3BF8O3/c10-4-1-5(11)3-6(2-4)18-9(19-7(12,13)14)20-8(15,16)17/h1-3H. The van der Waals surface area contributed by atoms with Crippen molar-refractivity contribution in [1.29, 1.82) is 0 Å². The molecule has 0 aliphatic rings. The Bertz CT molecular complexity index is 424. The Morgan fingerprint density at radius 1 is 0.750 bits per heavy atom. The van der Waals surface area contributed by atoms with Gasteiger partial charge in [-0.05, 0) is 0 Å². The minimum Gasteiger partial charge on any atom is -0.511 e. The number of rotatable bonds is 4. The molecule has 0 saturated carbocycles. The smallest absolute Gasteiger partial charge is 0.511 e. The van der Waals surface area contributed by atoms with Crippen molar-refractivity contribution in [2.24, 2.45) is 0 Å². The Balaban J connectivity index is 2.88. The Kier molecular flexibility index (Phi) is 4.81. The molecule has 20 heavy (non-hydrogen) atoms. The van der Waals surface area contributed by atoms with Gasteiger partial charge >= 0.3 is 20.0 Å². The highest BCUT2D eigenvalue weighted by atomic mass is 19.4. The summed E-state index contributed by atoms with van der Waals surface area (Å²) >= 11 is 0. The zero-order chi connectivity index (χ0) is 15.6. The van der Waals surface area contributed by atoms with Gasteiger partial charge in [-0.15, -0.1) is 26.3 Å². The number of alkyl halides is 6. The first-order valence-electron chi connectivity index (χ1n) is 4.56. The molecule has 0 aromatic heterocycles. The first kappa shape index (κ1) is 16.5. The number of halogens is 8. The topological polar surface area (TPSA) is 27.7 Å². The van der Waals surface area contributed by atoms with Gasteiger partial charge in [0.05, 0.1) is 0 Å². The van der Waals surface area contributed by atoms with E-state index in [9.17, 15) is 35.1 Å². The lowest BCUT2D eigenvalue weighted by molar-refractivity contribution is -0.324. The van der Waals surface area contributed by atoms with Crippen LogP contribution in [-0.4, -0.2) is 20.0 Å². The molecule has 12 heteroatoms. The van der Waals surface area contributed by atoms with Crippen LogP contribution in [0.25, 0.3) is 0 Å². The second-order valence-corrected chi connectivity index (χ2v) is 3.14. The average Bonchev–Trinajstić information content (AvgIpc) is 2.08. The summed E-state index contributed by atoms with van der Waals surface area (Å²) in [5, 5.41) is 0. The molecular weight excluding hydrogens is 307 g/mol. The van der Waals surface area contributed by atoms with Gasteiger partial charge in [-0.1, -0.05) is 0 Å². The zero-order valence-electron chi connectivity index (χ0n) is 9.06. The van der Waals surface area contributed by atoms with Crippen molar-refractivity contribution >= 4 is 7.32 Å². The van der Waals surface area contributed by atoms with E-state index in [1.54, 1.807) is 0 Å². The van der Waals surface area contributed by atoms with Gasteiger partial charge < -0.3 is 4.65 Å². The predicted octanol–water partition coefficient (Wildman–Crippen LogP) is 3.40. The van der Waals surface area contributed by atoms with Crippen LogP contribution in [0.4, 0.5) is 35.1 Å². The van der Waals surface area contributed by atoms with Crippen molar-refractivity contribution in [1.82, 2.24) is 0 Å². The van der Waals surface area contributed by atoms with E-state index in [0.29, 0.717) is 18.2 Å². The molecule has 1 aromatic rings. The van der Waals surface area contributed by atoms with E-state index >= 15 is 0 Å². The van der Waals surface area contributed by atoms with Gasteiger partial charge in [0.25, 0.3) is 0 Å². The van der Waals surface area contributed by atoms with E-state index in [1.807, 2.05) is 0 Å². The molecule has 0 saturated heterocycles. The van der Waals surface area contributed by atoms with Crippen molar-refractivity contribution in [3.63, 3.8) is 0 Å². The minimum absolute atomic E-state index is 0.330. The van der Waals surface area contributed by atoms with E-state index in [0.717, 1.165) is 0 Å². The molecule has 1 rings (SSSR count). The molecule has 0 unspecified atom stereocenters. The fourth-order valence-corrected chi connectivity index (χ4v) is 0.998. The molecule has 0 aliphatic carbocycles. The van der Waals surface area contributed by atoms with E-state index < -0.39 is 37.4 Å². The third-order valence-electron chi connectivity index (χ3n) is 1.53. The normalized spacial score (nSPS) is 12.4. The molecule has 0 fully saturated rings. The summed E-state index contributed by atoms with van der Waals surface area (Å²) in [6.45, 7) is 0. The highest BCUT2D eigenvalue weighted by molar-refractivity contribution is 6.37. The van der Waals surface area contributed by atoms with Crippen molar-refractivity contribution in [2.45, 2.75) is 12.7 Å². The van der Waals surface area contributed by atoms with Gasteiger partial charge in [0, 0.05) is 18.2 Å². The molecule has 112 valence electrons. The molecule has 0 bridgehead atoms. The van der Waals surface area contributed by atoms with Gasteiger partial charge in [0.1, 0.15) is 17.4 Å². The van der Waals surface area contributed by atoms with E-state index in [1.165, 1.54) is 0 Å². The van der Waals surface area contributed by atoms with Crippen LogP contribution in [0.3, 0.4) is 0 Å². The van der Waals surface area contributed by atoms with Crippen molar-refractivity contribution in [3.05, 3.63) is 29.8 Å². The summed E-state index contributed by atoms with van der Waals surface area (Å²) < 4.78 is 106. The maximum Gasteiger partial charge on any atom is 0.726 e. The zero-order valence-corrected chi connectivity index (χ0v) is 9.06. The van der Waals surface area contributed by atoms with E-state index in [-0.39, 0.29) is 0 Å². The van der Waals surface area contributed by atoms with Gasteiger partial charge in [-0.3, -0.25) is 9.31 Å². The molecule has 1 aromatic carbocycles. The quantitative estimate of drug-likeness (QED) is 0.630. The molecule has 0 spiro atoms. The maximum absolute atomic E-state index is 12.7. The Labute approximate surface area is 106 Å². The fraction of sp³-hybridized carbons (Fsp3) is 0.250. The monoisotopic (exact) mass is 310 g/mol. The first-order chi connectivity index (χ1) is 8.94. The van der Waals surface area contributed by atoms with Crippen LogP contribution in [-0.2, 0) is 9.31 Å². The van der Waals surface area contributed by atoms with Crippen molar-refractivity contribution in [3.8, 4) is 5.75 Å². The summed E-state index contributed by atoms with van der Waals surface area (Å²) in [5.74, 6) is -3.54. The Morgan fingerprint density at radius 3 is 1.50 bits per heavy atom. The number of hydrogen-bond acceptors (Lipinski definition) is 3. The van der Waals surface area contributed by atoms with Crippen molar-refractivity contribution < 1.29 is 49.1 Å². The van der Waals surface area contributed by atoms with Crippen LogP contribution in [0.1, 0.15) is 0 Å². The SMILES string of the molecule is Fc1cc(F)cc(OB(OC(F)(F)F)OC(F)(F)F)c1. The van der Waals surface area contributed by atoms with Crippen LogP contribution in [0.2, 0.25) is 0 Å². The van der Waals surface area contributed by atoms with Gasteiger partial charge in [0.2, 0.25) is 0 Å². The van der Waals surface area contributed by atoms with Crippen LogP contribution in [0, 0.1) is 11.6 Å². The predicted molar refractivity (Wildman–Crippen MR) is 47.0 cm³/mol. The average molecular weight is 310 g/mol. The summed E-state index contributed by atoms with van der Waals surface area (Å²) in [6, 6.07) is 1.02. The molecule has 3 nitrogen and oxygen atoms in total. The van der Waals surface area contributed by atoms with Crippen LogP contribution in [0.15, 0.2) is 18.2 Å². The molecule has 0 amide bonds. The highest BCUT2D eigenvalue weighted by Gasteiger charge is 2.48. The Morgan fingerprint density at radius 2 is 1.15 bits per heavy atom. The van der Waals surface area contributed by atoms with Gasteiger partial charge in [-0.25, -0.2) is 8.78 Å². The molecule has 0 aliphatic heterocycles. The van der Waals surface area contributed by atoms with Gasteiger partial charge in [-0.2, -0.15) is 0 Å². The number of hydrogen-bond donors (Lipinski definition) is 0. The molecule has 0 N–H and O–H groups in total. The van der Waals surface area contributed by atoms with Crippen molar-refractivity contribution in [2.75, 3.05) is 0 Å². The summed E-state index contributed by atoms with van der Waals surface area (Å²) in [5.41, 5.74) is 0. The summed E-state index contributed by atoms with van der Waals surface area (Å²) in [6.07, 6.45) is -11.1. The second kappa shape index (κ2) is 5.83. The lowest BCUT2D eigenvalue weighted by Gasteiger charge is -2.17. The maximum atomic E-state index is 12.7. The van der Waals surface area contributed by atoms with Crippen LogP contribution < -0.4 is 4.65 Å². The van der Waals surface area contributed by atoms with E-state index in [2.05, 4.69) is 14.0 Å². The van der Waals surface area contributed by atoms with Gasteiger partial charge in [0.15, 0.2) is 0 Å². The molecule has 0 radical (unpaired) electrons. The molecule has 0 heterocycles. The molecule has 0 atom stereocenters. The van der Waals surface area contributed by atoms with Crippen LogP contribution in [0.5, 0.6) is 5.75 Å². The highest BCUT2D eigenvalue weighted by Crippen LogP contribution is 2.25. The van der Waals surface area contributed by atoms with Crippen LogP contribution >= 0.6 is 0 Å². The van der Waals surface area contributed by atoms with E-state index in [4.69, 9.17) is 0 Å². The fourth-order valence-electron chi connectivity index (χ4n) is 0.998. The number of benzene rings is 1. The lowest BCUT2D eigenvalue weighted by atomic mass is 10.2. The summed E-state index contributed by atoms with van der Waals surface area (Å²) in [4.78, 5) is 0. The lowest BCUT2D eigenvalue weighted by Crippen LogP contribution is -2.40. The largest absolute Gasteiger partial charge is 0.726 e. The first-order valence-corrected chi connectivity index (χ1v) is 4.56. The third-order valence-corrected chi connectivity index (χ3v) is 1.53. The summed E-state index contributed by atoms with van der Waals surface area (Å²) in [7, 11) is -3.31.